The van der Waals surface area contributed by atoms with Gasteiger partial charge in [-0.25, -0.2) is 13.1 Å². The molecule has 0 spiro atoms. The van der Waals surface area contributed by atoms with E-state index in [0.717, 1.165) is 6.42 Å². The smallest absolute Gasteiger partial charge is 0.244 e. The minimum atomic E-state index is -3.54. The lowest BCUT2D eigenvalue weighted by molar-refractivity contribution is 0.0689. The van der Waals surface area contributed by atoms with Gasteiger partial charge in [-0.3, -0.25) is 4.98 Å². The summed E-state index contributed by atoms with van der Waals surface area (Å²) in [6.07, 6.45) is 4.38. The van der Waals surface area contributed by atoms with Gasteiger partial charge in [0.2, 0.25) is 10.0 Å². The van der Waals surface area contributed by atoms with Gasteiger partial charge < -0.3 is 14.8 Å². The summed E-state index contributed by atoms with van der Waals surface area (Å²) in [5, 5.41) is 2.84. The first-order valence-electron chi connectivity index (χ1n) is 6.80. The van der Waals surface area contributed by atoms with Crippen LogP contribution in [0.15, 0.2) is 23.4 Å². The number of pyridine rings is 1. The lowest BCUT2D eigenvalue weighted by Gasteiger charge is -2.10. The van der Waals surface area contributed by atoms with Gasteiger partial charge in [-0.2, -0.15) is 0 Å². The highest BCUT2D eigenvalue weighted by atomic mass is 32.2. The van der Waals surface area contributed by atoms with Crippen molar-refractivity contribution >= 4 is 15.7 Å². The molecule has 2 N–H and O–H groups in total. The van der Waals surface area contributed by atoms with Crippen molar-refractivity contribution in [1.29, 1.82) is 0 Å². The van der Waals surface area contributed by atoms with Crippen LogP contribution in [0.4, 0.5) is 5.69 Å². The molecule has 0 unspecified atom stereocenters. The van der Waals surface area contributed by atoms with Gasteiger partial charge in [0, 0.05) is 39.7 Å². The molecular weight excluding hydrogens is 294 g/mol. The number of methoxy groups -OCH3 is 1. The molecule has 0 bridgehead atoms. The number of hydrogen-bond acceptors (Lipinski definition) is 6. The van der Waals surface area contributed by atoms with E-state index in [4.69, 9.17) is 9.47 Å². The maximum absolute atomic E-state index is 12.1. The summed E-state index contributed by atoms with van der Waals surface area (Å²) in [6.45, 7) is 2.09. The number of rotatable bonds is 11. The molecule has 0 aliphatic heterocycles. The highest BCUT2D eigenvalue weighted by Gasteiger charge is 2.17. The molecule has 21 heavy (non-hydrogen) atoms. The van der Waals surface area contributed by atoms with Crippen LogP contribution in [0.3, 0.4) is 0 Å². The van der Waals surface area contributed by atoms with Gasteiger partial charge in [0.1, 0.15) is 4.90 Å². The van der Waals surface area contributed by atoms with E-state index in [1.165, 1.54) is 6.20 Å². The Morgan fingerprint density at radius 1 is 1.24 bits per heavy atom. The fourth-order valence-corrected chi connectivity index (χ4v) is 2.89. The fourth-order valence-electron chi connectivity index (χ4n) is 1.66. The second kappa shape index (κ2) is 9.67. The van der Waals surface area contributed by atoms with E-state index in [2.05, 4.69) is 15.0 Å². The van der Waals surface area contributed by atoms with E-state index in [-0.39, 0.29) is 4.90 Å². The third-order valence-electron chi connectivity index (χ3n) is 2.78. The standard InChI is InChI=1S/C13H23N3O4S/c1-14-12-5-7-15-11-13(12)21(17,18)16-6-3-4-8-20-10-9-19-2/h5,7,11,16H,3-4,6,8-10H2,1-2H3,(H,14,15). The number of hydrogen-bond donors (Lipinski definition) is 2. The Morgan fingerprint density at radius 3 is 2.76 bits per heavy atom. The minimum absolute atomic E-state index is 0.156. The molecule has 1 rings (SSSR count). The second-order valence-electron chi connectivity index (χ2n) is 4.33. The van der Waals surface area contributed by atoms with Crippen molar-refractivity contribution in [2.24, 2.45) is 0 Å². The zero-order valence-corrected chi connectivity index (χ0v) is 13.3. The Hall–Kier alpha value is -1.22. The molecule has 0 fully saturated rings. The van der Waals surface area contributed by atoms with Crippen molar-refractivity contribution in [2.45, 2.75) is 17.7 Å². The van der Waals surface area contributed by atoms with Crippen LogP contribution in [0.5, 0.6) is 0 Å². The third kappa shape index (κ3) is 6.38. The zero-order chi connectivity index (χ0) is 15.6. The lowest BCUT2D eigenvalue weighted by Crippen LogP contribution is -2.26. The topological polar surface area (TPSA) is 89.6 Å². The number of nitrogens with one attached hydrogen (secondary N) is 2. The van der Waals surface area contributed by atoms with Crippen LogP contribution in [-0.4, -0.2) is 53.9 Å². The van der Waals surface area contributed by atoms with Gasteiger partial charge in [-0.15, -0.1) is 0 Å². The summed E-state index contributed by atoms with van der Waals surface area (Å²) in [5.74, 6) is 0. The molecule has 7 nitrogen and oxygen atoms in total. The van der Waals surface area contributed by atoms with E-state index in [9.17, 15) is 8.42 Å². The van der Waals surface area contributed by atoms with E-state index in [1.54, 1.807) is 26.4 Å². The highest BCUT2D eigenvalue weighted by Crippen LogP contribution is 2.18. The van der Waals surface area contributed by atoms with Gasteiger partial charge in [0.05, 0.1) is 18.9 Å². The van der Waals surface area contributed by atoms with Crippen LogP contribution >= 0.6 is 0 Å². The summed E-state index contributed by atoms with van der Waals surface area (Å²) in [7, 11) is -0.247. The number of anilines is 1. The first-order chi connectivity index (χ1) is 10.1. The first-order valence-corrected chi connectivity index (χ1v) is 8.28. The molecule has 0 saturated carbocycles. The SMILES string of the molecule is CNc1ccncc1S(=O)(=O)NCCCCOCCOC. The molecule has 1 aromatic heterocycles. The van der Waals surface area contributed by atoms with Crippen molar-refractivity contribution in [3.8, 4) is 0 Å². The van der Waals surface area contributed by atoms with Crippen molar-refractivity contribution in [2.75, 3.05) is 45.8 Å². The van der Waals surface area contributed by atoms with Crippen LogP contribution in [0.2, 0.25) is 0 Å². The quantitative estimate of drug-likeness (QED) is 0.588. The lowest BCUT2D eigenvalue weighted by atomic mass is 10.3. The number of nitrogens with zero attached hydrogens (tertiary/aromatic N) is 1. The van der Waals surface area contributed by atoms with Crippen LogP contribution < -0.4 is 10.0 Å². The average Bonchev–Trinajstić information content (AvgIpc) is 2.50. The summed E-state index contributed by atoms with van der Waals surface area (Å²) in [6, 6.07) is 1.62. The van der Waals surface area contributed by atoms with E-state index < -0.39 is 10.0 Å². The van der Waals surface area contributed by atoms with Gasteiger partial charge in [-0.05, 0) is 18.9 Å². The van der Waals surface area contributed by atoms with E-state index >= 15 is 0 Å². The average molecular weight is 317 g/mol. The maximum Gasteiger partial charge on any atom is 0.244 e. The summed E-state index contributed by atoms with van der Waals surface area (Å²) < 4.78 is 37.0. The number of unbranched alkanes of at least 4 members (excludes halogenated alkanes) is 1. The Kier molecular flexibility index (Phi) is 8.21. The van der Waals surface area contributed by atoms with Gasteiger partial charge >= 0.3 is 0 Å². The van der Waals surface area contributed by atoms with Crippen molar-refractivity contribution < 1.29 is 17.9 Å². The van der Waals surface area contributed by atoms with Crippen molar-refractivity contribution in [3.05, 3.63) is 18.5 Å². The van der Waals surface area contributed by atoms with Crippen LogP contribution in [0.25, 0.3) is 0 Å². The summed E-state index contributed by atoms with van der Waals surface area (Å²) >= 11 is 0. The highest BCUT2D eigenvalue weighted by molar-refractivity contribution is 7.89. The normalized spacial score (nSPS) is 11.5. The molecule has 120 valence electrons. The van der Waals surface area contributed by atoms with E-state index in [0.29, 0.717) is 38.5 Å². The molecule has 1 aromatic rings. The molecule has 0 aliphatic rings. The maximum atomic E-state index is 12.1. The summed E-state index contributed by atoms with van der Waals surface area (Å²) in [4.78, 5) is 4.01. The fraction of sp³-hybridized carbons (Fsp3) is 0.615. The Bertz CT molecular complexity index is 508. The van der Waals surface area contributed by atoms with E-state index in [1.807, 2.05) is 0 Å². The molecule has 0 amide bonds. The predicted molar refractivity (Wildman–Crippen MR) is 80.9 cm³/mol. The Morgan fingerprint density at radius 2 is 2.05 bits per heavy atom. The Labute approximate surface area is 126 Å². The van der Waals surface area contributed by atoms with Gasteiger partial charge in [-0.1, -0.05) is 0 Å². The third-order valence-corrected chi connectivity index (χ3v) is 4.27. The molecule has 0 radical (unpaired) electrons. The zero-order valence-electron chi connectivity index (χ0n) is 12.5. The number of aromatic nitrogens is 1. The molecule has 0 atom stereocenters. The second-order valence-corrected chi connectivity index (χ2v) is 6.07. The Balaban J connectivity index is 2.33. The van der Waals surface area contributed by atoms with Gasteiger partial charge in [0.15, 0.2) is 0 Å². The molecule has 0 aliphatic carbocycles. The molecule has 0 aromatic carbocycles. The van der Waals surface area contributed by atoms with Crippen LogP contribution in [0, 0.1) is 0 Å². The number of ether oxygens (including phenoxy) is 2. The summed E-state index contributed by atoms with van der Waals surface area (Å²) in [5.41, 5.74) is 0.528. The molecular formula is C13H23N3O4S. The van der Waals surface area contributed by atoms with Gasteiger partial charge in [0.25, 0.3) is 0 Å². The van der Waals surface area contributed by atoms with Crippen molar-refractivity contribution in [1.82, 2.24) is 9.71 Å². The monoisotopic (exact) mass is 317 g/mol. The predicted octanol–water partition coefficient (Wildman–Crippen LogP) is 0.845. The van der Waals surface area contributed by atoms with Crippen molar-refractivity contribution in [3.63, 3.8) is 0 Å². The molecule has 1 heterocycles. The molecule has 8 heteroatoms. The minimum Gasteiger partial charge on any atom is -0.387 e. The van der Waals surface area contributed by atoms with Crippen LogP contribution in [-0.2, 0) is 19.5 Å². The molecule has 0 saturated heterocycles. The van der Waals surface area contributed by atoms with Crippen LogP contribution in [0.1, 0.15) is 12.8 Å². The number of sulfonamides is 1. The largest absolute Gasteiger partial charge is 0.387 e. The first kappa shape index (κ1) is 17.8.